The molecule has 12 nitrogen and oxygen atoms in total. The number of quaternary nitrogens is 1. The summed E-state index contributed by atoms with van der Waals surface area (Å²) >= 11 is 0. The van der Waals surface area contributed by atoms with Crippen molar-refractivity contribution in [3.63, 3.8) is 0 Å². The van der Waals surface area contributed by atoms with Gasteiger partial charge < -0.3 is 44.5 Å². The highest BCUT2D eigenvalue weighted by Crippen LogP contribution is 2.50. The molecule has 4 fully saturated rings. The Morgan fingerprint density at radius 1 is 0.977 bits per heavy atom. The molecule has 43 heavy (non-hydrogen) atoms. The number of cyclic esters (lactones) is 1. The molecular weight excluding hydrogens is 562 g/mol. The van der Waals surface area contributed by atoms with E-state index in [1.165, 1.54) is 27.9 Å². The average Bonchev–Trinajstić information content (AvgIpc) is 3.10. The Balaban J connectivity index is 2.12. The second kappa shape index (κ2) is 12.5. The number of fused-ring (bicyclic) bond motifs is 3. The van der Waals surface area contributed by atoms with Gasteiger partial charge >= 0.3 is 5.97 Å². The first-order chi connectivity index (χ1) is 19.6. The van der Waals surface area contributed by atoms with E-state index in [2.05, 4.69) is 0 Å². The highest BCUT2D eigenvalue weighted by molar-refractivity contribution is 5.83. The summed E-state index contributed by atoms with van der Waals surface area (Å²) < 4.78 is 24.5. The van der Waals surface area contributed by atoms with Gasteiger partial charge in [0.25, 0.3) is 5.72 Å². The molecule has 4 heterocycles. The number of carbonyl (C=O) groups is 2. The molecule has 0 amide bonds. The molecule has 15 atom stereocenters. The molecule has 4 aliphatic heterocycles. The highest BCUT2D eigenvalue weighted by Gasteiger charge is 2.76. The molecule has 4 saturated heterocycles. The quantitative estimate of drug-likeness (QED) is 0.222. The number of esters is 1. The van der Waals surface area contributed by atoms with E-state index in [9.17, 15) is 35.1 Å². The molecule has 0 aliphatic carbocycles. The van der Waals surface area contributed by atoms with E-state index in [0.29, 0.717) is 6.42 Å². The van der Waals surface area contributed by atoms with Gasteiger partial charge in [-0.3, -0.25) is 14.1 Å². The maximum absolute atomic E-state index is 13.7. The summed E-state index contributed by atoms with van der Waals surface area (Å²) in [6.07, 6.45) is -7.25. The number of hydrogen-bond acceptors (Lipinski definition) is 11. The van der Waals surface area contributed by atoms with Crippen LogP contribution < -0.4 is 0 Å². The number of aliphatic hydroxyl groups excluding tert-OH is 3. The van der Waals surface area contributed by atoms with Crippen molar-refractivity contribution in [1.29, 1.82) is 0 Å². The van der Waals surface area contributed by atoms with Crippen molar-refractivity contribution < 1.29 is 58.6 Å². The first kappa shape index (κ1) is 36.3. The molecule has 250 valence electrons. The van der Waals surface area contributed by atoms with Crippen LogP contribution in [0.2, 0.25) is 0 Å². The first-order valence-electron chi connectivity index (χ1n) is 15.6. The van der Waals surface area contributed by atoms with E-state index >= 15 is 0 Å². The lowest BCUT2D eigenvalue weighted by Crippen LogP contribution is -2.87. The number of methoxy groups -OCH3 is 1. The number of likely N-dealkylation sites (N-methyl/N-ethyl adjacent to an activating group) is 1. The van der Waals surface area contributed by atoms with Gasteiger partial charge in [0.2, 0.25) is 6.29 Å². The normalized spacial score (nSPS) is 51.5. The maximum Gasteiger partial charge on any atom is 0.311 e. The van der Waals surface area contributed by atoms with Crippen LogP contribution in [-0.2, 0) is 28.5 Å². The van der Waals surface area contributed by atoms with Gasteiger partial charge in [-0.15, -0.1) is 0 Å². The van der Waals surface area contributed by atoms with Gasteiger partial charge in [-0.25, -0.2) is 0 Å². The molecule has 0 aromatic carbocycles. The SMILES string of the molecule is CCC1OC(=O)[C@H](C)C(O)C(C)C(O[C@@H]2O[C@H](C)CC3C(O)C2(O)[N+]3(C)C)[C@](C)(OC)CC(C)C(=O)[C@H](C)[C@@H](O)[C@]1(C)O. The van der Waals surface area contributed by atoms with E-state index in [1.54, 1.807) is 41.8 Å². The molecular formula is C31H56NO11+. The Morgan fingerprint density at radius 3 is 2.07 bits per heavy atom. The number of aliphatic hydroxyl groups is 5. The second-order valence-corrected chi connectivity index (χ2v) is 14.4. The molecule has 0 aromatic rings. The maximum atomic E-state index is 13.7. The third-order valence-corrected chi connectivity index (χ3v) is 11.1. The molecule has 5 N–H and O–H groups in total. The smallest absolute Gasteiger partial charge is 0.311 e. The molecule has 0 aromatic heterocycles. The van der Waals surface area contributed by atoms with Crippen LogP contribution in [0.15, 0.2) is 0 Å². The van der Waals surface area contributed by atoms with Gasteiger partial charge in [-0.2, -0.15) is 0 Å². The largest absolute Gasteiger partial charge is 0.459 e. The van der Waals surface area contributed by atoms with Gasteiger partial charge in [0, 0.05) is 31.3 Å². The zero-order valence-electron chi connectivity index (χ0n) is 27.7. The Hall–Kier alpha value is -1.22. The Kier molecular flexibility index (Phi) is 10.6. The van der Waals surface area contributed by atoms with Crippen molar-refractivity contribution in [2.45, 2.75) is 141 Å². The van der Waals surface area contributed by atoms with Crippen LogP contribution in [0.1, 0.15) is 74.7 Å². The van der Waals surface area contributed by atoms with E-state index in [4.69, 9.17) is 18.9 Å². The Morgan fingerprint density at radius 2 is 1.56 bits per heavy atom. The van der Waals surface area contributed by atoms with E-state index in [-0.39, 0.29) is 35.3 Å². The number of nitrogens with zero attached hydrogens (tertiary/aromatic N) is 1. The lowest BCUT2D eigenvalue weighted by Gasteiger charge is -2.62. The lowest BCUT2D eigenvalue weighted by atomic mass is 9.73. The van der Waals surface area contributed by atoms with Gasteiger partial charge in [-0.1, -0.05) is 27.7 Å². The van der Waals surface area contributed by atoms with Gasteiger partial charge in [0.1, 0.15) is 23.5 Å². The van der Waals surface area contributed by atoms with Crippen molar-refractivity contribution in [2.75, 3.05) is 21.2 Å². The second-order valence-electron chi connectivity index (χ2n) is 14.4. The third kappa shape index (κ3) is 5.92. The van der Waals surface area contributed by atoms with Crippen LogP contribution in [0.5, 0.6) is 0 Å². The summed E-state index contributed by atoms with van der Waals surface area (Å²) in [4.78, 5) is 27.0. The predicted octanol–water partition coefficient (Wildman–Crippen LogP) is 0.732. The summed E-state index contributed by atoms with van der Waals surface area (Å²) in [7, 11) is 5.03. The fourth-order valence-corrected chi connectivity index (χ4v) is 7.72. The van der Waals surface area contributed by atoms with Crippen molar-refractivity contribution >= 4 is 11.8 Å². The standard InChI is InChI=1S/C31H56NO11/c1-12-21-30(8,38)24(35)17(4)22(33)15(2)14-29(7,40-11)26(18(5)23(34)19(6)27(37)42-21)43-28-31(39)25(36)20(32(31,9)10)13-16(3)41-28/h15-21,23-26,28,34-36,38-39H,12-14H2,1-11H3/q+1/t15?,16-,17+,18?,19-,20?,21?,23?,24-,25?,26?,28+,29-,30-,31?/m1/s1. The van der Waals surface area contributed by atoms with Gasteiger partial charge in [-0.05, 0) is 40.5 Å². The minimum absolute atomic E-state index is 0.0296. The number of rotatable bonds is 4. The number of hydrogen-bond donors (Lipinski definition) is 5. The summed E-state index contributed by atoms with van der Waals surface area (Å²) in [5.74, 6) is -4.79. The van der Waals surface area contributed by atoms with Gasteiger partial charge in [0.15, 0.2) is 6.10 Å². The average molecular weight is 619 g/mol. The van der Waals surface area contributed by atoms with Crippen molar-refractivity contribution in [2.24, 2.45) is 23.7 Å². The van der Waals surface area contributed by atoms with Crippen molar-refractivity contribution in [1.82, 2.24) is 0 Å². The summed E-state index contributed by atoms with van der Waals surface area (Å²) in [6.45, 7) is 13.0. The predicted molar refractivity (Wildman–Crippen MR) is 155 cm³/mol. The van der Waals surface area contributed by atoms with Crippen LogP contribution in [0.25, 0.3) is 0 Å². The fourth-order valence-electron chi connectivity index (χ4n) is 7.72. The number of carbonyl (C=O) groups excluding carboxylic acids is 2. The van der Waals surface area contributed by atoms with Gasteiger partial charge in [0.05, 0.1) is 50.0 Å². The molecule has 12 heteroatoms. The van der Waals surface area contributed by atoms with Crippen molar-refractivity contribution in [3.8, 4) is 0 Å². The van der Waals surface area contributed by atoms with Crippen LogP contribution in [0, 0.1) is 23.7 Å². The monoisotopic (exact) mass is 618 g/mol. The zero-order chi connectivity index (χ0) is 33.0. The van der Waals surface area contributed by atoms with Crippen LogP contribution >= 0.6 is 0 Å². The molecule has 0 saturated carbocycles. The zero-order valence-corrected chi connectivity index (χ0v) is 27.7. The summed E-state index contributed by atoms with van der Waals surface area (Å²) in [6, 6.07) is -0.279. The molecule has 2 bridgehead atoms. The van der Waals surface area contributed by atoms with Crippen LogP contribution in [0.4, 0.5) is 0 Å². The Labute approximate surface area is 255 Å². The minimum atomic E-state index is -1.94. The topological polar surface area (TPSA) is 172 Å². The minimum Gasteiger partial charge on any atom is -0.459 e. The molecule has 0 radical (unpaired) electrons. The van der Waals surface area contributed by atoms with E-state index < -0.39 is 83.4 Å². The van der Waals surface area contributed by atoms with E-state index in [0.717, 1.165) is 0 Å². The van der Waals surface area contributed by atoms with Crippen molar-refractivity contribution in [3.05, 3.63) is 0 Å². The van der Waals surface area contributed by atoms with Crippen LogP contribution in [0.3, 0.4) is 0 Å². The summed E-state index contributed by atoms with van der Waals surface area (Å²) in [5.41, 5.74) is -5.06. The number of ether oxygens (including phenoxy) is 4. The lowest BCUT2D eigenvalue weighted by molar-refractivity contribution is -1.05. The fraction of sp³-hybridized carbons (Fsp3) is 0.935. The third-order valence-electron chi connectivity index (χ3n) is 11.1. The Bertz CT molecular complexity index is 1020. The molecule has 0 spiro atoms. The first-order valence-corrected chi connectivity index (χ1v) is 15.6. The molecule has 4 rings (SSSR count). The molecule has 8 unspecified atom stereocenters. The number of Topliss-reactive ketones (excluding diaryl/α,β-unsaturated/α-hetero) is 1. The molecule has 4 aliphatic rings. The highest BCUT2D eigenvalue weighted by atomic mass is 16.7. The number of ketones is 1. The van der Waals surface area contributed by atoms with Crippen LogP contribution in [-0.4, -0.2) is 129 Å². The van der Waals surface area contributed by atoms with E-state index in [1.807, 2.05) is 6.92 Å². The summed E-state index contributed by atoms with van der Waals surface area (Å²) in [5, 5.41) is 57.0.